The molecule has 0 saturated carbocycles. The molecule has 1 unspecified atom stereocenters. The molecule has 1 heterocycles. The number of hydrogen-bond donors (Lipinski definition) is 3. The summed E-state index contributed by atoms with van der Waals surface area (Å²) in [4.78, 5) is 4.72. The molecule has 0 amide bonds. The minimum Gasteiger partial charge on any atom is -0.487 e. The van der Waals surface area contributed by atoms with E-state index in [4.69, 9.17) is 9.73 Å². The maximum atomic E-state index is 6.12. The van der Waals surface area contributed by atoms with Gasteiger partial charge in [0.25, 0.3) is 0 Å². The van der Waals surface area contributed by atoms with E-state index in [0.717, 1.165) is 37.8 Å². The highest BCUT2D eigenvalue weighted by Gasteiger charge is 2.33. The molecule has 1 aromatic carbocycles. The fourth-order valence-corrected chi connectivity index (χ4v) is 3.01. The highest BCUT2D eigenvalue weighted by atomic mass is 16.5. The van der Waals surface area contributed by atoms with Crippen LogP contribution < -0.4 is 20.7 Å². The molecule has 3 N–H and O–H groups in total. The van der Waals surface area contributed by atoms with Gasteiger partial charge in [0.2, 0.25) is 0 Å². The monoisotopic (exact) mass is 346 g/mol. The lowest BCUT2D eigenvalue weighted by atomic mass is 9.90. The third-order valence-electron chi connectivity index (χ3n) is 4.07. The van der Waals surface area contributed by atoms with Crippen LogP contribution in [0.15, 0.2) is 29.3 Å². The van der Waals surface area contributed by atoms with Crippen molar-refractivity contribution in [2.75, 3.05) is 19.6 Å². The number of rotatable bonds is 5. The van der Waals surface area contributed by atoms with Gasteiger partial charge in [0, 0.05) is 30.6 Å². The maximum Gasteiger partial charge on any atom is 0.191 e. The van der Waals surface area contributed by atoms with E-state index < -0.39 is 0 Å². The number of nitrogens with one attached hydrogen (secondary N) is 3. The molecule has 0 fully saturated rings. The Morgan fingerprint density at radius 2 is 2.00 bits per heavy atom. The van der Waals surface area contributed by atoms with Crippen LogP contribution in [-0.4, -0.2) is 36.7 Å². The van der Waals surface area contributed by atoms with Crippen LogP contribution in [0.2, 0.25) is 0 Å². The predicted molar refractivity (Wildman–Crippen MR) is 105 cm³/mol. The lowest BCUT2D eigenvalue weighted by Gasteiger charge is -2.38. The van der Waals surface area contributed by atoms with Gasteiger partial charge in [0.05, 0.1) is 12.6 Å². The van der Waals surface area contributed by atoms with Crippen molar-refractivity contribution in [3.63, 3.8) is 0 Å². The second kappa shape index (κ2) is 8.09. The first kappa shape index (κ1) is 19.6. The number of benzene rings is 1. The van der Waals surface area contributed by atoms with E-state index in [1.807, 2.05) is 12.1 Å². The molecule has 140 valence electrons. The van der Waals surface area contributed by atoms with Gasteiger partial charge in [-0.2, -0.15) is 0 Å². The van der Waals surface area contributed by atoms with Crippen LogP contribution in [0.4, 0.5) is 0 Å². The summed E-state index contributed by atoms with van der Waals surface area (Å²) in [6.45, 7) is 15.3. The minimum absolute atomic E-state index is 0.116. The smallest absolute Gasteiger partial charge is 0.191 e. The van der Waals surface area contributed by atoms with E-state index in [-0.39, 0.29) is 17.2 Å². The number of hydrogen-bond acceptors (Lipinski definition) is 3. The van der Waals surface area contributed by atoms with Crippen molar-refractivity contribution < 1.29 is 4.74 Å². The predicted octanol–water partition coefficient (Wildman–Crippen LogP) is 3.23. The largest absolute Gasteiger partial charge is 0.487 e. The summed E-state index contributed by atoms with van der Waals surface area (Å²) in [5.74, 6) is 1.82. The van der Waals surface area contributed by atoms with Crippen LogP contribution >= 0.6 is 0 Å². The van der Waals surface area contributed by atoms with Gasteiger partial charge in [0.1, 0.15) is 11.4 Å². The van der Waals surface area contributed by atoms with Gasteiger partial charge in [0.15, 0.2) is 5.96 Å². The Bertz CT molecular complexity index is 590. The SMILES string of the molecule is CCNC(=NCCNC(C)(C)C)NC1CC(C)(C)Oc2ccccc21. The Morgan fingerprint density at radius 1 is 1.28 bits per heavy atom. The van der Waals surface area contributed by atoms with Crippen molar-refractivity contribution in [2.45, 2.75) is 65.1 Å². The topological polar surface area (TPSA) is 57.7 Å². The average Bonchev–Trinajstić information content (AvgIpc) is 2.49. The number of nitrogens with zero attached hydrogens (tertiary/aromatic N) is 1. The van der Waals surface area contributed by atoms with Gasteiger partial charge in [-0.25, -0.2) is 0 Å². The zero-order valence-corrected chi connectivity index (χ0v) is 16.6. The molecule has 0 spiro atoms. The quantitative estimate of drug-likeness (QED) is 0.435. The zero-order valence-electron chi connectivity index (χ0n) is 16.6. The molecule has 0 bridgehead atoms. The van der Waals surface area contributed by atoms with Gasteiger partial charge in [-0.05, 0) is 47.6 Å². The molecule has 1 aliphatic rings. The Morgan fingerprint density at radius 3 is 2.68 bits per heavy atom. The maximum absolute atomic E-state index is 6.12. The first-order valence-corrected chi connectivity index (χ1v) is 9.28. The third kappa shape index (κ3) is 6.24. The fourth-order valence-electron chi connectivity index (χ4n) is 3.01. The lowest BCUT2D eigenvalue weighted by molar-refractivity contribution is 0.0694. The van der Waals surface area contributed by atoms with Gasteiger partial charge in [-0.15, -0.1) is 0 Å². The second-order valence-electron chi connectivity index (χ2n) is 8.24. The first-order valence-electron chi connectivity index (χ1n) is 9.28. The fraction of sp³-hybridized carbons (Fsp3) is 0.650. The van der Waals surface area contributed by atoms with E-state index >= 15 is 0 Å². The number of aliphatic imine (C=N–C) groups is 1. The lowest BCUT2D eigenvalue weighted by Crippen LogP contribution is -2.45. The summed E-state index contributed by atoms with van der Waals surface area (Å²) in [6, 6.07) is 8.45. The zero-order chi connectivity index (χ0) is 18.5. The summed E-state index contributed by atoms with van der Waals surface area (Å²) >= 11 is 0. The van der Waals surface area contributed by atoms with Crippen LogP contribution in [0.5, 0.6) is 5.75 Å². The molecule has 5 nitrogen and oxygen atoms in total. The summed E-state index contributed by atoms with van der Waals surface area (Å²) in [5, 5.41) is 10.4. The van der Waals surface area contributed by atoms with Gasteiger partial charge in [-0.1, -0.05) is 18.2 Å². The van der Waals surface area contributed by atoms with Crippen LogP contribution in [0.1, 0.15) is 59.6 Å². The number of fused-ring (bicyclic) bond motifs is 1. The van der Waals surface area contributed by atoms with E-state index in [1.54, 1.807) is 0 Å². The van der Waals surface area contributed by atoms with Crippen LogP contribution in [0.3, 0.4) is 0 Å². The summed E-state index contributed by atoms with van der Waals surface area (Å²) in [5.41, 5.74) is 1.11. The van der Waals surface area contributed by atoms with E-state index in [0.29, 0.717) is 0 Å². The Hall–Kier alpha value is -1.75. The van der Waals surface area contributed by atoms with Gasteiger partial charge in [-0.3, -0.25) is 4.99 Å². The molecular formula is C20H34N4O. The summed E-state index contributed by atoms with van der Waals surface area (Å²) in [6.07, 6.45) is 0.897. The molecule has 1 aliphatic heterocycles. The molecule has 1 atom stereocenters. The number of para-hydroxylation sites is 1. The molecule has 0 aliphatic carbocycles. The van der Waals surface area contributed by atoms with Crippen LogP contribution in [-0.2, 0) is 0 Å². The van der Waals surface area contributed by atoms with Crippen molar-refractivity contribution in [1.82, 2.24) is 16.0 Å². The van der Waals surface area contributed by atoms with Crippen molar-refractivity contribution in [2.24, 2.45) is 4.99 Å². The standard InChI is InChI=1S/C20H34N4O/c1-7-21-18(22-12-13-23-19(2,3)4)24-16-14-20(5,6)25-17-11-9-8-10-15(16)17/h8-11,16,23H,7,12-14H2,1-6H3,(H2,21,22,24). The highest BCUT2D eigenvalue weighted by Crippen LogP contribution is 2.39. The molecule has 2 rings (SSSR count). The van der Waals surface area contributed by atoms with Crippen LogP contribution in [0, 0.1) is 0 Å². The second-order valence-corrected chi connectivity index (χ2v) is 8.24. The molecule has 5 heteroatoms. The first-order chi connectivity index (χ1) is 11.7. The Balaban J connectivity index is 2.08. The Kier molecular flexibility index (Phi) is 6.33. The normalized spacial score (nSPS) is 19.8. The van der Waals surface area contributed by atoms with Gasteiger partial charge < -0.3 is 20.7 Å². The average molecular weight is 347 g/mol. The molecule has 25 heavy (non-hydrogen) atoms. The molecule has 1 aromatic rings. The van der Waals surface area contributed by atoms with Crippen molar-refractivity contribution in [3.8, 4) is 5.75 Å². The van der Waals surface area contributed by atoms with E-state index in [2.05, 4.69) is 69.6 Å². The van der Waals surface area contributed by atoms with Crippen molar-refractivity contribution >= 4 is 5.96 Å². The molecule has 0 radical (unpaired) electrons. The van der Waals surface area contributed by atoms with Gasteiger partial charge >= 0.3 is 0 Å². The van der Waals surface area contributed by atoms with Crippen molar-refractivity contribution in [3.05, 3.63) is 29.8 Å². The van der Waals surface area contributed by atoms with E-state index in [1.165, 1.54) is 5.56 Å². The Labute approximate surface area is 152 Å². The minimum atomic E-state index is -0.197. The van der Waals surface area contributed by atoms with Crippen LogP contribution in [0.25, 0.3) is 0 Å². The summed E-state index contributed by atoms with van der Waals surface area (Å²) < 4.78 is 6.12. The van der Waals surface area contributed by atoms with E-state index in [9.17, 15) is 0 Å². The molecular weight excluding hydrogens is 312 g/mol. The molecule has 0 aromatic heterocycles. The highest BCUT2D eigenvalue weighted by molar-refractivity contribution is 5.80. The number of guanidine groups is 1. The third-order valence-corrected chi connectivity index (χ3v) is 4.07. The molecule has 0 saturated heterocycles. The summed E-state index contributed by atoms with van der Waals surface area (Å²) in [7, 11) is 0. The van der Waals surface area contributed by atoms with Crippen molar-refractivity contribution in [1.29, 1.82) is 0 Å². The number of ether oxygens (including phenoxy) is 1.